The van der Waals surface area contributed by atoms with Crippen molar-refractivity contribution in [2.45, 2.75) is 51.6 Å². The van der Waals surface area contributed by atoms with Gasteiger partial charge in [-0.2, -0.15) is 0 Å². The Balaban J connectivity index is 1.59. The molecule has 1 aromatic heterocycles. The summed E-state index contributed by atoms with van der Waals surface area (Å²) < 4.78 is 0. The highest BCUT2D eigenvalue weighted by atomic mass is 15.2. The van der Waals surface area contributed by atoms with Gasteiger partial charge in [-0.15, -0.1) is 0 Å². The predicted molar refractivity (Wildman–Crippen MR) is 91.9 cm³/mol. The van der Waals surface area contributed by atoms with Crippen LogP contribution < -0.4 is 0 Å². The molecule has 1 aliphatic carbocycles. The first-order chi connectivity index (χ1) is 10.7. The Bertz CT molecular complexity index is 570. The lowest BCUT2D eigenvalue weighted by atomic mass is 10.0. The first kappa shape index (κ1) is 15.2. The lowest BCUT2D eigenvalue weighted by Gasteiger charge is -2.22. The second-order valence-corrected chi connectivity index (χ2v) is 6.70. The molecule has 3 rings (SSSR count). The largest absolute Gasteiger partial charge is 0.296 e. The maximum Gasteiger partial charge on any atom is 0.0270 e. The fourth-order valence-corrected chi connectivity index (χ4v) is 2.90. The molecule has 1 aliphatic rings. The standard InChI is InChI=1S/C20H26N2/c1-16(2)19-5-3-18(4-6-19)15-22(20-7-8-20)14-11-17-9-12-21-13-10-17/h3-6,9-10,12-13,16,20H,7-8,11,14-15H2,1-2H3. The minimum atomic E-state index is 0.611. The zero-order chi connectivity index (χ0) is 15.4. The van der Waals surface area contributed by atoms with Gasteiger partial charge in [-0.25, -0.2) is 0 Å². The first-order valence-electron chi connectivity index (χ1n) is 8.44. The van der Waals surface area contributed by atoms with Gasteiger partial charge in [0.15, 0.2) is 0 Å². The molecular weight excluding hydrogens is 268 g/mol. The van der Waals surface area contributed by atoms with Crippen molar-refractivity contribution >= 4 is 0 Å². The van der Waals surface area contributed by atoms with E-state index in [1.165, 1.54) is 29.5 Å². The van der Waals surface area contributed by atoms with Crippen LogP contribution in [0.3, 0.4) is 0 Å². The average molecular weight is 294 g/mol. The summed E-state index contributed by atoms with van der Waals surface area (Å²) in [6.45, 7) is 6.72. The molecule has 2 nitrogen and oxygen atoms in total. The maximum atomic E-state index is 4.10. The summed E-state index contributed by atoms with van der Waals surface area (Å²) in [6, 6.07) is 14.2. The van der Waals surface area contributed by atoms with Crippen molar-refractivity contribution in [3.8, 4) is 0 Å². The van der Waals surface area contributed by atoms with Gasteiger partial charge in [0.2, 0.25) is 0 Å². The Morgan fingerprint density at radius 3 is 2.27 bits per heavy atom. The van der Waals surface area contributed by atoms with Crippen LogP contribution >= 0.6 is 0 Å². The summed E-state index contributed by atoms with van der Waals surface area (Å²) in [6.07, 6.45) is 7.62. The van der Waals surface area contributed by atoms with E-state index in [4.69, 9.17) is 0 Å². The molecule has 0 amide bonds. The number of hydrogen-bond donors (Lipinski definition) is 0. The fraction of sp³-hybridized carbons (Fsp3) is 0.450. The van der Waals surface area contributed by atoms with E-state index < -0.39 is 0 Å². The van der Waals surface area contributed by atoms with E-state index in [0.717, 1.165) is 25.6 Å². The van der Waals surface area contributed by atoms with E-state index in [1.807, 2.05) is 12.4 Å². The summed E-state index contributed by atoms with van der Waals surface area (Å²) in [7, 11) is 0. The van der Waals surface area contributed by atoms with Gasteiger partial charge in [-0.05, 0) is 54.0 Å². The molecule has 0 N–H and O–H groups in total. The van der Waals surface area contributed by atoms with E-state index >= 15 is 0 Å². The van der Waals surface area contributed by atoms with Gasteiger partial charge in [-0.3, -0.25) is 9.88 Å². The maximum absolute atomic E-state index is 4.10. The number of aromatic nitrogens is 1. The Morgan fingerprint density at radius 1 is 1.00 bits per heavy atom. The van der Waals surface area contributed by atoms with Crippen LogP contribution in [0, 0.1) is 0 Å². The third kappa shape index (κ3) is 4.17. The molecule has 0 spiro atoms. The molecule has 1 fully saturated rings. The second-order valence-electron chi connectivity index (χ2n) is 6.70. The van der Waals surface area contributed by atoms with Gasteiger partial charge in [0.05, 0.1) is 0 Å². The summed E-state index contributed by atoms with van der Waals surface area (Å²) in [5, 5.41) is 0. The van der Waals surface area contributed by atoms with Crippen LogP contribution in [0.2, 0.25) is 0 Å². The molecule has 1 aromatic carbocycles. The zero-order valence-electron chi connectivity index (χ0n) is 13.7. The fourth-order valence-electron chi connectivity index (χ4n) is 2.90. The summed E-state index contributed by atoms with van der Waals surface area (Å²) >= 11 is 0. The molecule has 1 saturated carbocycles. The Kier molecular flexibility index (Phi) is 4.89. The molecule has 0 bridgehead atoms. The van der Waals surface area contributed by atoms with Crippen LogP contribution in [-0.2, 0) is 13.0 Å². The SMILES string of the molecule is CC(C)c1ccc(CN(CCc2ccncc2)C2CC2)cc1. The van der Waals surface area contributed by atoms with Crippen molar-refractivity contribution in [2.24, 2.45) is 0 Å². The van der Waals surface area contributed by atoms with E-state index in [2.05, 4.69) is 60.1 Å². The van der Waals surface area contributed by atoms with E-state index in [9.17, 15) is 0 Å². The van der Waals surface area contributed by atoms with Crippen molar-refractivity contribution in [2.75, 3.05) is 6.54 Å². The number of nitrogens with zero attached hydrogens (tertiary/aromatic N) is 2. The highest BCUT2D eigenvalue weighted by Gasteiger charge is 2.28. The normalized spacial score (nSPS) is 14.7. The van der Waals surface area contributed by atoms with Crippen LogP contribution in [-0.4, -0.2) is 22.5 Å². The van der Waals surface area contributed by atoms with Gasteiger partial charge in [0.1, 0.15) is 0 Å². The van der Waals surface area contributed by atoms with Gasteiger partial charge in [0.25, 0.3) is 0 Å². The Hall–Kier alpha value is -1.67. The molecule has 0 unspecified atom stereocenters. The molecule has 0 atom stereocenters. The molecule has 0 saturated heterocycles. The molecule has 0 radical (unpaired) electrons. The van der Waals surface area contributed by atoms with Crippen LogP contribution in [0.15, 0.2) is 48.8 Å². The Morgan fingerprint density at radius 2 is 1.68 bits per heavy atom. The van der Waals surface area contributed by atoms with Crippen LogP contribution in [0.1, 0.15) is 49.3 Å². The van der Waals surface area contributed by atoms with Gasteiger partial charge >= 0.3 is 0 Å². The van der Waals surface area contributed by atoms with Crippen molar-refractivity contribution in [1.82, 2.24) is 9.88 Å². The average Bonchev–Trinajstić information content (AvgIpc) is 3.38. The summed E-state index contributed by atoms with van der Waals surface area (Å²) in [4.78, 5) is 6.74. The topological polar surface area (TPSA) is 16.1 Å². The number of hydrogen-bond acceptors (Lipinski definition) is 2. The summed E-state index contributed by atoms with van der Waals surface area (Å²) in [5.74, 6) is 0.611. The summed E-state index contributed by atoms with van der Waals surface area (Å²) in [5.41, 5.74) is 4.25. The minimum absolute atomic E-state index is 0.611. The highest BCUT2D eigenvalue weighted by molar-refractivity contribution is 5.24. The third-order valence-corrected chi connectivity index (χ3v) is 4.53. The molecule has 2 aromatic rings. The van der Waals surface area contributed by atoms with Crippen LogP contribution in [0.5, 0.6) is 0 Å². The minimum Gasteiger partial charge on any atom is -0.296 e. The van der Waals surface area contributed by atoms with Crippen molar-refractivity contribution in [3.05, 3.63) is 65.5 Å². The Labute approximate surface area is 134 Å². The van der Waals surface area contributed by atoms with Crippen LogP contribution in [0.25, 0.3) is 0 Å². The van der Waals surface area contributed by atoms with Crippen LogP contribution in [0.4, 0.5) is 0 Å². The van der Waals surface area contributed by atoms with Crippen molar-refractivity contribution in [1.29, 1.82) is 0 Å². The lowest BCUT2D eigenvalue weighted by molar-refractivity contribution is 0.258. The lowest BCUT2D eigenvalue weighted by Crippen LogP contribution is -2.28. The van der Waals surface area contributed by atoms with E-state index in [1.54, 1.807) is 0 Å². The third-order valence-electron chi connectivity index (χ3n) is 4.53. The first-order valence-corrected chi connectivity index (χ1v) is 8.44. The van der Waals surface area contributed by atoms with E-state index in [-0.39, 0.29) is 0 Å². The number of rotatable bonds is 7. The molecule has 116 valence electrons. The van der Waals surface area contributed by atoms with Gasteiger partial charge in [0, 0.05) is 31.5 Å². The smallest absolute Gasteiger partial charge is 0.0270 e. The van der Waals surface area contributed by atoms with Crippen molar-refractivity contribution in [3.63, 3.8) is 0 Å². The molecule has 2 heteroatoms. The highest BCUT2D eigenvalue weighted by Crippen LogP contribution is 2.28. The second kappa shape index (κ2) is 7.06. The number of benzene rings is 1. The quantitative estimate of drug-likeness (QED) is 0.752. The molecule has 1 heterocycles. The number of pyridine rings is 1. The van der Waals surface area contributed by atoms with Gasteiger partial charge < -0.3 is 0 Å². The zero-order valence-corrected chi connectivity index (χ0v) is 13.7. The monoisotopic (exact) mass is 294 g/mol. The van der Waals surface area contributed by atoms with Gasteiger partial charge in [-0.1, -0.05) is 38.1 Å². The van der Waals surface area contributed by atoms with Crippen molar-refractivity contribution < 1.29 is 0 Å². The molecular formula is C20H26N2. The molecule has 0 aliphatic heterocycles. The van der Waals surface area contributed by atoms with E-state index in [0.29, 0.717) is 5.92 Å². The molecule has 22 heavy (non-hydrogen) atoms. The predicted octanol–water partition coefficient (Wildman–Crippen LogP) is 4.41.